The Hall–Kier alpha value is -2.08. The molecule has 2 heterocycles. The Morgan fingerprint density at radius 2 is 2.22 bits per heavy atom. The molecule has 6 nitrogen and oxygen atoms in total. The maximum atomic E-state index is 4.27. The molecule has 96 valence electrons. The third kappa shape index (κ3) is 2.98. The first-order valence-corrected chi connectivity index (χ1v) is 5.88. The third-order valence-electron chi connectivity index (χ3n) is 2.65. The van der Waals surface area contributed by atoms with E-state index in [4.69, 9.17) is 0 Å². The molecule has 0 radical (unpaired) electrons. The summed E-state index contributed by atoms with van der Waals surface area (Å²) in [4.78, 5) is 13.5. The molecule has 2 aromatic heterocycles. The number of aromatic amines is 1. The van der Waals surface area contributed by atoms with E-state index in [1.54, 1.807) is 6.33 Å². The number of H-pyrrole nitrogens is 1. The van der Waals surface area contributed by atoms with Gasteiger partial charge in [-0.15, -0.1) is 0 Å². The molecule has 0 spiro atoms. The molecule has 18 heavy (non-hydrogen) atoms. The first kappa shape index (κ1) is 12.4. The first-order chi connectivity index (χ1) is 8.81. The van der Waals surface area contributed by atoms with Crippen molar-refractivity contribution < 1.29 is 0 Å². The van der Waals surface area contributed by atoms with Crippen LogP contribution in [0.5, 0.6) is 0 Å². The van der Waals surface area contributed by atoms with Crippen molar-refractivity contribution in [3.63, 3.8) is 0 Å². The summed E-state index contributed by atoms with van der Waals surface area (Å²) in [5, 5.41) is 6.32. The Morgan fingerprint density at radius 3 is 2.94 bits per heavy atom. The largest absolute Gasteiger partial charge is 0.369 e. The molecule has 0 aliphatic carbocycles. The van der Waals surface area contributed by atoms with Crippen LogP contribution in [0, 0.1) is 0 Å². The highest BCUT2D eigenvalue weighted by Crippen LogP contribution is 2.21. The van der Waals surface area contributed by atoms with Crippen LogP contribution in [0.3, 0.4) is 0 Å². The van der Waals surface area contributed by atoms with E-state index < -0.39 is 0 Å². The fourth-order valence-electron chi connectivity index (χ4n) is 1.60. The molecular formula is C12H18N6. The standard InChI is InChI=1S/C12H18N6/c1-13-5-6-15-11-7-12(17-9-16-11)18(2)10-3-4-14-8-10/h3-4,7-9,13-14H,5-6H2,1-2H3,(H,15,16,17). The summed E-state index contributed by atoms with van der Waals surface area (Å²) in [5.74, 6) is 1.69. The number of hydrogen-bond donors (Lipinski definition) is 3. The van der Waals surface area contributed by atoms with Crippen molar-refractivity contribution in [2.24, 2.45) is 0 Å². The number of nitrogens with zero attached hydrogens (tertiary/aromatic N) is 3. The van der Waals surface area contributed by atoms with Crippen molar-refractivity contribution in [1.29, 1.82) is 0 Å². The lowest BCUT2D eigenvalue weighted by Gasteiger charge is -2.16. The Balaban J connectivity index is 2.07. The normalized spacial score (nSPS) is 10.3. The van der Waals surface area contributed by atoms with Gasteiger partial charge in [0.2, 0.25) is 0 Å². The molecule has 0 fully saturated rings. The zero-order valence-electron chi connectivity index (χ0n) is 10.6. The first-order valence-electron chi connectivity index (χ1n) is 5.88. The van der Waals surface area contributed by atoms with Gasteiger partial charge in [-0.25, -0.2) is 9.97 Å². The van der Waals surface area contributed by atoms with E-state index in [2.05, 4.69) is 25.6 Å². The van der Waals surface area contributed by atoms with Gasteiger partial charge in [0.15, 0.2) is 0 Å². The molecule has 0 bridgehead atoms. The van der Waals surface area contributed by atoms with Crippen LogP contribution in [0.15, 0.2) is 30.9 Å². The molecule has 0 atom stereocenters. The van der Waals surface area contributed by atoms with Crippen molar-refractivity contribution >= 4 is 17.3 Å². The second-order valence-electron chi connectivity index (χ2n) is 3.92. The summed E-state index contributed by atoms with van der Waals surface area (Å²) in [5.41, 5.74) is 1.06. The minimum Gasteiger partial charge on any atom is -0.369 e. The lowest BCUT2D eigenvalue weighted by atomic mass is 10.4. The smallest absolute Gasteiger partial charge is 0.138 e. The van der Waals surface area contributed by atoms with Gasteiger partial charge in [-0.1, -0.05) is 0 Å². The molecule has 0 aromatic carbocycles. The summed E-state index contributed by atoms with van der Waals surface area (Å²) in [6.45, 7) is 1.73. The predicted molar refractivity (Wildman–Crippen MR) is 73.3 cm³/mol. The van der Waals surface area contributed by atoms with Crippen molar-refractivity contribution in [3.8, 4) is 0 Å². The van der Waals surface area contributed by atoms with Crippen LogP contribution in [-0.4, -0.2) is 42.1 Å². The minimum atomic E-state index is 0.831. The van der Waals surface area contributed by atoms with Gasteiger partial charge in [0.1, 0.15) is 18.0 Å². The number of nitrogens with one attached hydrogen (secondary N) is 3. The summed E-state index contributed by atoms with van der Waals surface area (Å²) in [6.07, 6.45) is 5.38. The van der Waals surface area contributed by atoms with Gasteiger partial charge in [-0.05, 0) is 13.1 Å². The zero-order valence-corrected chi connectivity index (χ0v) is 10.6. The topological polar surface area (TPSA) is 68.9 Å². The third-order valence-corrected chi connectivity index (χ3v) is 2.65. The number of rotatable bonds is 6. The van der Waals surface area contributed by atoms with Crippen LogP contribution in [0.2, 0.25) is 0 Å². The second-order valence-corrected chi connectivity index (χ2v) is 3.92. The average molecular weight is 246 g/mol. The van der Waals surface area contributed by atoms with Gasteiger partial charge in [-0.2, -0.15) is 0 Å². The molecule has 0 saturated carbocycles. The average Bonchev–Trinajstić information content (AvgIpc) is 2.92. The van der Waals surface area contributed by atoms with E-state index in [1.807, 2.05) is 43.5 Å². The van der Waals surface area contributed by atoms with Crippen molar-refractivity contribution in [2.45, 2.75) is 0 Å². The van der Waals surface area contributed by atoms with E-state index >= 15 is 0 Å². The van der Waals surface area contributed by atoms with E-state index in [9.17, 15) is 0 Å². The lowest BCUT2D eigenvalue weighted by Crippen LogP contribution is -2.18. The molecule has 0 unspecified atom stereocenters. The maximum Gasteiger partial charge on any atom is 0.138 e. The SMILES string of the molecule is CNCCNc1cc(N(C)c2cc[nH]c2)ncn1. The minimum absolute atomic E-state index is 0.831. The molecule has 0 aliphatic rings. The van der Waals surface area contributed by atoms with Crippen LogP contribution >= 0.6 is 0 Å². The van der Waals surface area contributed by atoms with Crippen molar-refractivity contribution in [1.82, 2.24) is 20.3 Å². The molecular weight excluding hydrogens is 228 g/mol. The Labute approximate surface area is 106 Å². The number of likely N-dealkylation sites (N-methyl/N-ethyl adjacent to an activating group) is 1. The van der Waals surface area contributed by atoms with Crippen molar-refractivity contribution in [2.75, 3.05) is 37.4 Å². The summed E-state index contributed by atoms with van der Waals surface area (Å²) >= 11 is 0. The van der Waals surface area contributed by atoms with E-state index in [0.29, 0.717) is 0 Å². The molecule has 3 N–H and O–H groups in total. The van der Waals surface area contributed by atoms with Crippen LogP contribution < -0.4 is 15.5 Å². The van der Waals surface area contributed by atoms with Gasteiger partial charge in [-0.3, -0.25) is 0 Å². The van der Waals surface area contributed by atoms with E-state index in [0.717, 1.165) is 30.4 Å². The highest BCUT2D eigenvalue weighted by atomic mass is 15.2. The summed E-state index contributed by atoms with van der Waals surface area (Å²) in [7, 11) is 3.90. The Bertz CT molecular complexity index is 467. The van der Waals surface area contributed by atoms with E-state index in [-0.39, 0.29) is 0 Å². The second kappa shape index (κ2) is 6.02. The van der Waals surface area contributed by atoms with Gasteiger partial charge in [0.05, 0.1) is 5.69 Å². The van der Waals surface area contributed by atoms with E-state index in [1.165, 1.54) is 0 Å². The van der Waals surface area contributed by atoms with Gasteiger partial charge in [0, 0.05) is 38.6 Å². The maximum absolute atomic E-state index is 4.27. The number of hydrogen-bond acceptors (Lipinski definition) is 5. The van der Waals surface area contributed by atoms with Crippen LogP contribution in [0.1, 0.15) is 0 Å². The molecule has 2 aromatic rings. The molecule has 0 aliphatic heterocycles. The lowest BCUT2D eigenvalue weighted by molar-refractivity contribution is 0.820. The van der Waals surface area contributed by atoms with Crippen LogP contribution in [0.25, 0.3) is 0 Å². The molecule has 0 amide bonds. The molecule has 0 saturated heterocycles. The number of anilines is 3. The highest BCUT2D eigenvalue weighted by molar-refractivity contribution is 5.60. The quantitative estimate of drug-likeness (QED) is 0.668. The zero-order chi connectivity index (χ0) is 12.8. The van der Waals surface area contributed by atoms with Crippen molar-refractivity contribution in [3.05, 3.63) is 30.9 Å². The van der Waals surface area contributed by atoms with Gasteiger partial charge in [0.25, 0.3) is 0 Å². The monoisotopic (exact) mass is 246 g/mol. The highest BCUT2D eigenvalue weighted by Gasteiger charge is 2.06. The summed E-state index contributed by atoms with van der Waals surface area (Å²) in [6, 6.07) is 3.93. The Kier molecular flexibility index (Phi) is 4.14. The van der Waals surface area contributed by atoms with Crippen LogP contribution in [-0.2, 0) is 0 Å². The van der Waals surface area contributed by atoms with Gasteiger partial charge >= 0.3 is 0 Å². The summed E-state index contributed by atoms with van der Waals surface area (Å²) < 4.78 is 0. The number of aromatic nitrogens is 3. The molecule has 2 rings (SSSR count). The predicted octanol–water partition coefficient (Wildman–Crippen LogP) is 1.20. The fourth-order valence-corrected chi connectivity index (χ4v) is 1.60. The Morgan fingerprint density at radius 1 is 1.33 bits per heavy atom. The molecule has 6 heteroatoms. The van der Waals surface area contributed by atoms with Crippen LogP contribution in [0.4, 0.5) is 17.3 Å². The fraction of sp³-hybridized carbons (Fsp3) is 0.333. The van der Waals surface area contributed by atoms with Gasteiger partial charge < -0.3 is 20.5 Å².